The van der Waals surface area contributed by atoms with Crippen LogP contribution in [0.15, 0.2) is 29.2 Å². The van der Waals surface area contributed by atoms with Gasteiger partial charge in [0.15, 0.2) is 0 Å². The van der Waals surface area contributed by atoms with Gasteiger partial charge in [0.2, 0.25) is 0 Å². The normalized spacial score (nSPS) is 21.0. The molecule has 1 aliphatic rings. The predicted molar refractivity (Wildman–Crippen MR) is 83.3 cm³/mol. The van der Waals surface area contributed by atoms with Crippen LogP contribution in [-0.2, 0) is 0 Å². The molecular weight excluding hydrogens is 317 g/mol. The topological polar surface area (TPSA) is 107 Å². The van der Waals surface area contributed by atoms with E-state index in [9.17, 15) is 19.1 Å². The number of aliphatic hydroxyl groups is 1. The quantitative estimate of drug-likeness (QED) is 0.656. The molecule has 1 aliphatic carbocycles. The van der Waals surface area contributed by atoms with Crippen molar-refractivity contribution in [2.45, 2.75) is 25.0 Å². The van der Waals surface area contributed by atoms with E-state index in [1.165, 1.54) is 31.5 Å². The van der Waals surface area contributed by atoms with Gasteiger partial charge in [0.1, 0.15) is 17.3 Å². The van der Waals surface area contributed by atoms with Crippen LogP contribution < -0.4 is 15.7 Å². The summed E-state index contributed by atoms with van der Waals surface area (Å²) in [4.78, 5) is 28.2. The third-order valence-electron chi connectivity index (χ3n) is 4.27. The Labute approximate surface area is 136 Å². The number of carbonyl (C=O) groups is 1. The zero-order valence-electron chi connectivity index (χ0n) is 13.0. The van der Waals surface area contributed by atoms with Crippen molar-refractivity contribution in [2.24, 2.45) is 5.92 Å². The summed E-state index contributed by atoms with van der Waals surface area (Å²) in [7, 11) is 1.47. The molecule has 0 radical (unpaired) electrons. The second-order valence-corrected chi connectivity index (χ2v) is 5.88. The van der Waals surface area contributed by atoms with Gasteiger partial charge in [-0.3, -0.25) is 4.79 Å². The van der Waals surface area contributed by atoms with Gasteiger partial charge in [0, 0.05) is 11.8 Å². The fraction of sp³-hybridized carbons (Fsp3) is 0.375. The molecule has 1 aromatic heterocycles. The minimum atomic E-state index is -0.537. The Bertz CT molecular complexity index is 795. The smallest absolute Gasteiger partial charge is 0.323 e. The van der Waals surface area contributed by atoms with Crippen LogP contribution in [0.25, 0.3) is 0 Å². The molecule has 1 saturated carbocycles. The van der Waals surface area contributed by atoms with Crippen molar-refractivity contribution in [2.75, 3.05) is 7.11 Å². The van der Waals surface area contributed by atoms with Crippen LogP contribution in [0.4, 0.5) is 4.39 Å². The lowest BCUT2D eigenvalue weighted by atomic mass is 9.74. The highest BCUT2D eigenvalue weighted by Crippen LogP contribution is 2.41. The Morgan fingerprint density at radius 3 is 2.79 bits per heavy atom. The van der Waals surface area contributed by atoms with E-state index >= 15 is 0 Å². The predicted octanol–water partition coefficient (Wildman–Crippen LogP) is 1.09. The number of aliphatic hydroxyl groups excluding tert-OH is 1. The number of rotatable bonds is 5. The number of hydrogen-bond acceptors (Lipinski definition) is 4. The Kier molecular flexibility index (Phi) is 4.39. The first-order chi connectivity index (χ1) is 11.5. The van der Waals surface area contributed by atoms with E-state index in [0.29, 0.717) is 24.2 Å². The first kappa shape index (κ1) is 16.3. The highest BCUT2D eigenvalue weighted by atomic mass is 19.1. The molecule has 1 atom stereocenters. The number of ether oxygens (including phenoxy) is 1. The molecule has 1 unspecified atom stereocenters. The van der Waals surface area contributed by atoms with E-state index in [-0.39, 0.29) is 11.6 Å². The Hall–Kier alpha value is -2.61. The first-order valence-corrected chi connectivity index (χ1v) is 7.58. The summed E-state index contributed by atoms with van der Waals surface area (Å²) in [5.74, 6) is -0.540. The number of imidazole rings is 1. The maximum atomic E-state index is 13.7. The van der Waals surface area contributed by atoms with Gasteiger partial charge in [0.25, 0.3) is 5.91 Å². The van der Waals surface area contributed by atoms with Crippen LogP contribution in [0.2, 0.25) is 0 Å². The average molecular weight is 335 g/mol. The van der Waals surface area contributed by atoms with Crippen LogP contribution in [0, 0.1) is 11.7 Å². The van der Waals surface area contributed by atoms with E-state index in [1.54, 1.807) is 0 Å². The number of aromatic nitrogens is 2. The molecule has 0 bridgehead atoms. The molecule has 1 amide bonds. The number of halogens is 1. The highest BCUT2D eigenvalue weighted by Gasteiger charge is 2.37. The Balaban J connectivity index is 1.91. The minimum absolute atomic E-state index is 0.0506. The minimum Gasteiger partial charge on any atom is -0.496 e. The van der Waals surface area contributed by atoms with Gasteiger partial charge in [0.05, 0.1) is 19.3 Å². The van der Waals surface area contributed by atoms with Crippen molar-refractivity contribution in [3.63, 3.8) is 0 Å². The Morgan fingerprint density at radius 2 is 2.21 bits per heavy atom. The summed E-state index contributed by atoms with van der Waals surface area (Å²) in [6.45, 7) is 0. The zero-order valence-corrected chi connectivity index (χ0v) is 13.0. The summed E-state index contributed by atoms with van der Waals surface area (Å²) in [6, 6.07) is 3.55. The number of benzene rings is 1. The number of carbonyl (C=O) groups excluding carboxylic acids is 1. The van der Waals surface area contributed by atoms with Gasteiger partial charge in [-0.1, -0.05) is 0 Å². The lowest BCUT2D eigenvalue weighted by molar-refractivity contribution is 0.0230. The summed E-state index contributed by atoms with van der Waals surface area (Å²) < 4.78 is 19.0. The van der Waals surface area contributed by atoms with Crippen molar-refractivity contribution < 1.29 is 19.0 Å². The van der Waals surface area contributed by atoms with Gasteiger partial charge in [-0.05, 0) is 37.0 Å². The number of nitrogens with one attached hydrogen (secondary N) is 3. The van der Waals surface area contributed by atoms with Crippen molar-refractivity contribution in [1.82, 2.24) is 15.3 Å². The first-order valence-electron chi connectivity index (χ1n) is 7.58. The average Bonchev–Trinajstić information content (AvgIpc) is 2.96. The van der Waals surface area contributed by atoms with Crippen molar-refractivity contribution >= 4 is 5.91 Å². The molecule has 7 nitrogen and oxygen atoms in total. The standard InChI is InChI=1S/C16H18FN3O4/c1-24-13-3-2-9(17)6-11(13)14(8-4-10(21)5-8)20-15(22)12-7-18-16(23)19-12/h2-3,6-8,10,14,21H,4-5H2,1H3,(H,20,22)(H2,18,19,23). The molecule has 4 N–H and O–H groups in total. The largest absolute Gasteiger partial charge is 0.496 e. The van der Waals surface area contributed by atoms with Crippen molar-refractivity contribution in [3.05, 3.63) is 52.0 Å². The molecule has 1 fully saturated rings. The molecule has 1 heterocycles. The summed E-state index contributed by atoms with van der Waals surface area (Å²) in [5, 5.41) is 12.4. The second-order valence-electron chi connectivity index (χ2n) is 5.88. The number of hydrogen-bond donors (Lipinski definition) is 4. The van der Waals surface area contributed by atoms with Crippen LogP contribution in [0.5, 0.6) is 5.75 Å². The van der Waals surface area contributed by atoms with E-state index in [0.717, 1.165) is 0 Å². The molecule has 128 valence electrons. The lowest BCUT2D eigenvalue weighted by Gasteiger charge is -2.38. The van der Waals surface area contributed by atoms with Crippen LogP contribution >= 0.6 is 0 Å². The summed E-state index contributed by atoms with van der Waals surface area (Å²) in [5.41, 5.74) is 0.0972. The lowest BCUT2D eigenvalue weighted by Crippen LogP contribution is -2.41. The fourth-order valence-corrected chi connectivity index (χ4v) is 2.97. The summed E-state index contributed by atoms with van der Waals surface area (Å²) >= 11 is 0. The molecule has 8 heteroatoms. The van der Waals surface area contributed by atoms with Gasteiger partial charge in [-0.25, -0.2) is 9.18 Å². The molecule has 0 saturated heterocycles. The van der Waals surface area contributed by atoms with Gasteiger partial charge < -0.3 is 25.1 Å². The van der Waals surface area contributed by atoms with Gasteiger partial charge >= 0.3 is 5.69 Å². The van der Waals surface area contributed by atoms with E-state index < -0.39 is 29.6 Å². The number of aromatic amines is 2. The fourth-order valence-electron chi connectivity index (χ4n) is 2.97. The van der Waals surface area contributed by atoms with Crippen molar-refractivity contribution in [1.29, 1.82) is 0 Å². The monoisotopic (exact) mass is 335 g/mol. The third kappa shape index (κ3) is 3.18. The van der Waals surface area contributed by atoms with E-state index in [2.05, 4.69) is 15.3 Å². The highest BCUT2D eigenvalue weighted by molar-refractivity contribution is 5.92. The van der Waals surface area contributed by atoms with Crippen LogP contribution in [0.3, 0.4) is 0 Å². The molecule has 1 aromatic carbocycles. The number of amides is 1. The summed E-state index contributed by atoms with van der Waals surface area (Å²) in [6.07, 6.45) is 1.83. The molecular formula is C16H18FN3O4. The SMILES string of the molecule is COc1ccc(F)cc1C(NC(=O)c1c[nH]c(=O)[nH]1)C1CC(O)C1. The van der Waals surface area contributed by atoms with Gasteiger partial charge in [-0.2, -0.15) is 0 Å². The molecule has 2 aromatic rings. The maximum Gasteiger partial charge on any atom is 0.323 e. The molecule has 3 rings (SSSR count). The number of methoxy groups -OCH3 is 1. The van der Waals surface area contributed by atoms with Crippen LogP contribution in [0.1, 0.15) is 34.9 Å². The Morgan fingerprint density at radius 1 is 1.46 bits per heavy atom. The van der Waals surface area contributed by atoms with E-state index in [4.69, 9.17) is 4.74 Å². The second kappa shape index (κ2) is 6.48. The van der Waals surface area contributed by atoms with Crippen LogP contribution in [-0.4, -0.2) is 34.2 Å². The zero-order chi connectivity index (χ0) is 17.3. The third-order valence-corrected chi connectivity index (χ3v) is 4.27. The molecule has 0 spiro atoms. The number of H-pyrrole nitrogens is 2. The van der Waals surface area contributed by atoms with E-state index in [1.807, 2.05) is 0 Å². The maximum absolute atomic E-state index is 13.7. The molecule has 24 heavy (non-hydrogen) atoms. The van der Waals surface area contributed by atoms with Gasteiger partial charge in [-0.15, -0.1) is 0 Å². The molecule has 0 aliphatic heterocycles. The van der Waals surface area contributed by atoms with Crippen molar-refractivity contribution in [3.8, 4) is 5.75 Å².